The van der Waals surface area contributed by atoms with Gasteiger partial charge in [-0.05, 0) is 19.8 Å². The Hall–Kier alpha value is -1.58. The first-order valence-corrected chi connectivity index (χ1v) is 13.6. The standard InChI is InChI=1S/C16H30O2.C13H24O2/c1-4-5-6-7-8-9-10-11-12-13-14-18-16(17)15(2)3;1-3-5-6-7-8-9-10-11-12-15-13(14)4-2/h2,4-14H2,1,3H3;4H,2-3,5-12H2,1H3. The van der Waals surface area contributed by atoms with Crippen molar-refractivity contribution < 1.29 is 19.1 Å². The van der Waals surface area contributed by atoms with Crippen LogP contribution in [-0.2, 0) is 19.1 Å². The van der Waals surface area contributed by atoms with Crippen molar-refractivity contribution in [2.75, 3.05) is 13.2 Å². The van der Waals surface area contributed by atoms with Crippen molar-refractivity contribution in [3.8, 4) is 0 Å². The summed E-state index contributed by atoms with van der Waals surface area (Å²) in [6.07, 6.45) is 24.3. The maximum atomic E-state index is 11.1. The van der Waals surface area contributed by atoms with Crippen LogP contribution in [0.4, 0.5) is 0 Å². The summed E-state index contributed by atoms with van der Waals surface area (Å²) in [6, 6.07) is 0. The number of hydrogen-bond donors (Lipinski definition) is 0. The molecule has 0 aliphatic heterocycles. The molecule has 4 heteroatoms. The number of rotatable bonds is 22. The second-order valence-corrected chi connectivity index (χ2v) is 8.94. The van der Waals surface area contributed by atoms with Gasteiger partial charge in [0, 0.05) is 11.6 Å². The van der Waals surface area contributed by atoms with Crippen molar-refractivity contribution in [3.63, 3.8) is 0 Å². The molecule has 0 N–H and O–H groups in total. The lowest BCUT2D eigenvalue weighted by Crippen LogP contribution is -2.05. The lowest BCUT2D eigenvalue weighted by atomic mass is 10.1. The Balaban J connectivity index is 0. The molecular weight excluding hydrogens is 412 g/mol. The van der Waals surface area contributed by atoms with Gasteiger partial charge in [0.25, 0.3) is 0 Å². The Morgan fingerprint density at radius 2 is 0.939 bits per heavy atom. The van der Waals surface area contributed by atoms with Crippen molar-refractivity contribution in [1.29, 1.82) is 0 Å². The summed E-state index contributed by atoms with van der Waals surface area (Å²) in [6.45, 7) is 14.1. The maximum Gasteiger partial charge on any atom is 0.333 e. The zero-order valence-electron chi connectivity index (χ0n) is 22.3. The van der Waals surface area contributed by atoms with Crippen molar-refractivity contribution in [1.82, 2.24) is 0 Å². The summed E-state index contributed by atoms with van der Waals surface area (Å²) in [5, 5.41) is 0. The lowest BCUT2D eigenvalue weighted by Gasteiger charge is -2.04. The summed E-state index contributed by atoms with van der Waals surface area (Å²) in [5.74, 6) is -0.566. The quantitative estimate of drug-likeness (QED) is 0.0908. The van der Waals surface area contributed by atoms with Crippen molar-refractivity contribution >= 4 is 11.9 Å². The molecule has 0 heterocycles. The van der Waals surface area contributed by atoms with Gasteiger partial charge in [-0.1, -0.05) is 130 Å². The Kier molecular flexibility index (Phi) is 29.0. The minimum atomic E-state index is -0.307. The third-order valence-corrected chi connectivity index (χ3v) is 5.49. The van der Waals surface area contributed by atoms with E-state index < -0.39 is 0 Å². The summed E-state index contributed by atoms with van der Waals surface area (Å²) in [5.41, 5.74) is 0.488. The van der Waals surface area contributed by atoms with E-state index in [9.17, 15) is 9.59 Å². The van der Waals surface area contributed by atoms with Crippen molar-refractivity contribution in [2.24, 2.45) is 0 Å². The molecule has 0 saturated heterocycles. The van der Waals surface area contributed by atoms with Gasteiger partial charge in [0.1, 0.15) is 0 Å². The molecule has 0 atom stereocenters. The molecule has 0 aliphatic carbocycles. The SMILES string of the molecule is C=C(C)C(=O)OCCCCCCCCCCCC.C=CC(=O)OCCCCCCCCCC. The number of carbonyl (C=O) groups is 2. The Bertz CT molecular complexity index is 470. The molecule has 0 aromatic rings. The molecule has 0 rings (SSSR count). The van der Waals surface area contributed by atoms with E-state index in [-0.39, 0.29) is 11.9 Å². The van der Waals surface area contributed by atoms with Crippen LogP contribution in [-0.4, -0.2) is 25.2 Å². The molecule has 0 amide bonds. The van der Waals surface area contributed by atoms with Gasteiger partial charge in [-0.25, -0.2) is 9.59 Å². The monoisotopic (exact) mass is 466 g/mol. The van der Waals surface area contributed by atoms with E-state index >= 15 is 0 Å². The number of carbonyl (C=O) groups excluding carboxylic acids is 2. The zero-order chi connectivity index (χ0) is 25.0. The van der Waals surface area contributed by atoms with Gasteiger partial charge in [-0.15, -0.1) is 0 Å². The Morgan fingerprint density at radius 3 is 1.27 bits per heavy atom. The number of hydrogen-bond acceptors (Lipinski definition) is 4. The van der Waals surface area contributed by atoms with Crippen molar-refractivity contribution in [3.05, 3.63) is 24.8 Å². The Labute approximate surface area is 205 Å². The van der Waals surface area contributed by atoms with Gasteiger partial charge in [-0.2, -0.15) is 0 Å². The third-order valence-electron chi connectivity index (χ3n) is 5.49. The van der Waals surface area contributed by atoms with Crippen LogP contribution in [0.3, 0.4) is 0 Å². The summed E-state index contributed by atoms with van der Waals surface area (Å²) in [4.78, 5) is 21.8. The highest BCUT2D eigenvalue weighted by Crippen LogP contribution is 2.11. The van der Waals surface area contributed by atoms with Crippen LogP contribution >= 0.6 is 0 Å². The highest BCUT2D eigenvalue weighted by atomic mass is 16.5. The summed E-state index contributed by atoms with van der Waals surface area (Å²) >= 11 is 0. The minimum absolute atomic E-state index is 0.258. The highest BCUT2D eigenvalue weighted by Gasteiger charge is 2.01. The first-order valence-electron chi connectivity index (χ1n) is 13.6. The van der Waals surface area contributed by atoms with Gasteiger partial charge in [0.2, 0.25) is 0 Å². The van der Waals surface area contributed by atoms with Crippen LogP contribution < -0.4 is 0 Å². The predicted octanol–water partition coefficient (Wildman–Crippen LogP) is 8.88. The van der Waals surface area contributed by atoms with Crippen molar-refractivity contribution in [2.45, 2.75) is 136 Å². The molecule has 0 aromatic heterocycles. The third kappa shape index (κ3) is 30.4. The molecule has 0 aromatic carbocycles. The largest absolute Gasteiger partial charge is 0.463 e. The molecule has 33 heavy (non-hydrogen) atoms. The van der Waals surface area contributed by atoms with Crippen LogP contribution in [0.25, 0.3) is 0 Å². The molecule has 0 unspecified atom stereocenters. The molecule has 0 fully saturated rings. The number of ether oxygens (including phenoxy) is 2. The molecule has 0 radical (unpaired) electrons. The van der Waals surface area contributed by atoms with E-state index in [1.807, 2.05) is 0 Å². The van der Waals surface area contributed by atoms with Gasteiger partial charge in [0.15, 0.2) is 0 Å². The molecule has 0 spiro atoms. The fraction of sp³-hybridized carbons (Fsp3) is 0.793. The molecule has 0 saturated carbocycles. The molecule has 0 bridgehead atoms. The van der Waals surface area contributed by atoms with Crippen LogP contribution in [0.5, 0.6) is 0 Å². The van der Waals surface area contributed by atoms with Crippen LogP contribution in [0, 0.1) is 0 Å². The molecule has 194 valence electrons. The minimum Gasteiger partial charge on any atom is -0.463 e. The average molecular weight is 467 g/mol. The molecule has 0 aliphatic rings. The van der Waals surface area contributed by atoms with Gasteiger partial charge < -0.3 is 9.47 Å². The van der Waals surface area contributed by atoms with Gasteiger partial charge in [0.05, 0.1) is 13.2 Å². The van der Waals surface area contributed by atoms with E-state index in [0.717, 1.165) is 19.3 Å². The second kappa shape index (κ2) is 28.5. The summed E-state index contributed by atoms with van der Waals surface area (Å²) < 4.78 is 9.92. The van der Waals surface area contributed by atoms with Crippen LogP contribution in [0.2, 0.25) is 0 Å². The first kappa shape index (κ1) is 33.6. The van der Waals surface area contributed by atoms with E-state index in [1.54, 1.807) is 6.92 Å². The first-order chi connectivity index (χ1) is 16.0. The lowest BCUT2D eigenvalue weighted by molar-refractivity contribution is -0.139. The smallest absolute Gasteiger partial charge is 0.333 e. The maximum absolute atomic E-state index is 11.1. The van der Waals surface area contributed by atoms with Gasteiger partial charge in [-0.3, -0.25) is 0 Å². The predicted molar refractivity (Wildman–Crippen MR) is 141 cm³/mol. The zero-order valence-corrected chi connectivity index (χ0v) is 22.3. The van der Waals surface area contributed by atoms with E-state index in [1.165, 1.54) is 102 Å². The fourth-order valence-corrected chi connectivity index (χ4v) is 3.35. The number of unbranched alkanes of at least 4 members (excludes halogenated alkanes) is 16. The normalized spacial score (nSPS) is 10.2. The average Bonchev–Trinajstić information content (AvgIpc) is 2.81. The van der Waals surface area contributed by atoms with E-state index in [2.05, 4.69) is 27.0 Å². The van der Waals surface area contributed by atoms with E-state index in [4.69, 9.17) is 9.47 Å². The number of esters is 2. The highest BCUT2D eigenvalue weighted by molar-refractivity contribution is 5.86. The van der Waals surface area contributed by atoms with Crippen LogP contribution in [0.15, 0.2) is 24.8 Å². The van der Waals surface area contributed by atoms with Crippen LogP contribution in [0.1, 0.15) is 136 Å². The summed E-state index contributed by atoms with van der Waals surface area (Å²) in [7, 11) is 0. The fourth-order valence-electron chi connectivity index (χ4n) is 3.35. The van der Waals surface area contributed by atoms with Gasteiger partial charge >= 0.3 is 11.9 Å². The molecule has 4 nitrogen and oxygen atoms in total. The second-order valence-electron chi connectivity index (χ2n) is 8.94. The van der Waals surface area contributed by atoms with E-state index in [0.29, 0.717) is 18.8 Å². The topological polar surface area (TPSA) is 52.6 Å². The Morgan fingerprint density at radius 1 is 0.606 bits per heavy atom. The molecular formula is C29H54O4.